The summed E-state index contributed by atoms with van der Waals surface area (Å²) in [5.41, 5.74) is 0.873. The van der Waals surface area contributed by atoms with Crippen LogP contribution >= 0.6 is 11.3 Å². The Morgan fingerprint density at radius 1 is 1.75 bits per heavy atom. The summed E-state index contributed by atoms with van der Waals surface area (Å²) in [5.74, 6) is 0.0280. The lowest BCUT2D eigenvalue weighted by Gasteiger charge is -2.10. The number of nitrogens with zero attached hydrogens (tertiary/aromatic N) is 1. The molecule has 88 valence electrons. The molecule has 1 aromatic rings. The number of carboxylic acid groups (broad SMARTS) is 1. The van der Waals surface area contributed by atoms with E-state index in [4.69, 9.17) is 5.11 Å². The number of aromatic nitrogens is 1. The first-order valence-electron chi connectivity index (χ1n) is 5.58. The van der Waals surface area contributed by atoms with Crippen LogP contribution < -0.4 is 5.32 Å². The molecule has 0 saturated heterocycles. The molecule has 1 aromatic heterocycles. The van der Waals surface area contributed by atoms with E-state index in [2.05, 4.69) is 17.2 Å². The molecule has 1 atom stereocenters. The number of thiazole rings is 1. The van der Waals surface area contributed by atoms with Gasteiger partial charge in [0.05, 0.1) is 12.1 Å². The second-order valence-corrected chi connectivity index (χ2v) is 5.17. The summed E-state index contributed by atoms with van der Waals surface area (Å²) in [4.78, 5) is 14.8. The van der Waals surface area contributed by atoms with Crippen molar-refractivity contribution >= 4 is 22.4 Å². The molecule has 1 unspecified atom stereocenters. The third-order valence-electron chi connectivity index (χ3n) is 2.83. The Labute approximate surface area is 98.7 Å². The molecular weight excluding hydrogens is 224 g/mol. The zero-order valence-corrected chi connectivity index (χ0v) is 10.1. The molecule has 5 heteroatoms. The van der Waals surface area contributed by atoms with Gasteiger partial charge in [0.1, 0.15) is 0 Å². The molecule has 0 spiro atoms. The summed E-state index contributed by atoms with van der Waals surface area (Å²) in [6.45, 7) is 2.18. The second kappa shape index (κ2) is 4.82. The molecule has 1 heterocycles. The van der Waals surface area contributed by atoms with Crippen LogP contribution in [-0.2, 0) is 11.2 Å². The Morgan fingerprint density at radius 3 is 3.12 bits per heavy atom. The molecule has 2 N–H and O–H groups in total. The Bertz CT molecular complexity index is 374. The van der Waals surface area contributed by atoms with Crippen LogP contribution in [0.4, 0.5) is 5.13 Å². The molecule has 1 fully saturated rings. The van der Waals surface area contributed by atoms with Gasteiger partial charge in [-0.15, -0.1) is 11.3 Å². The highest BCUT2D eigenvalue weighted by atomic mass is 32.1. The van der Waals surface area contributed by atoms with Gasteiger partial charge in [0.15, 0.2) is 5.13 Å². The Hall–Kier alpha value is -1.10. The second-order valence-electron chi connectivity index (χ2n) is 4.31. The molecule has 16 heavy (non-hydrogen) atoms. The molecule has 1 aliphatic rings. The lowest BCUT2D eigenvalue weighted by molar-refractivity contribution is -0.136. The standard InChI is InChI=1S/C11H16N2O2S/c1-7(8-2-3-8)12-11-13-9(6-16-11)4-5-10(14)15/h6-8H,2-5H2,1H3,(H,12,13)(H,14,15). The van der Waals surface area contributed by atoms with Crippen LogP contribution in [0.3, 0.4) is 0 Å². The van der Waals surface area contributed by atoms with Gasteiger partial charge in [0.25, 0.3) is 0 Å². The number of rotatable bonds is 6. The van der Waals surface area contributed by atoms with Crippen molar-refractivity contribution in [3.63, 3.8) is 0 Å². The quantitative estimate of drug-likeness (QED) is 0.801. The molecule has 2 rings (SSSR count). The van der Waals surface area contributed by atoms with E-state index >= 15 is 0 Å². The summed E-state index contributed by atoms with van der Waals surface area (Å²) >= 11 is 1.56. The predicted molar refractivity (Wildman–Crippen MR) is 63.9 cm³/mol. The third kappa shape index (κ3) is 3.20. The van der Waals surface area contributed by atoms with Gasteiger partial charge in [0, 0.05) is 17.8 Å². The summed E-state index contributed by atoms with van der Waals surface area (Å²) in [6, 6.07) is 0.485. The number of carbonyl (C=O) groups is 1. The molecule has 0 radical (unpaired) electrons. The van der Waals surface area contributed by atoms with Crippen molar-refractivity contribution in [2.75, 3.05) is 5.32 Å². The zero-order valence-electron chi connectivity index (χ0n) is 9.27. The zero-order chi connectivity index (χ0) is 11.5. The predicted octanol–water partition coefficient (Wildman–Crippen LogP) is 2.37. The van der Waals surface area contributed by atoms with Crippen LogP contribution in [0.25, 0.3) is 0 Å². The lowest BCUT2D eigenvalue weighted by atomic mass is 10.2. The van der Waals surface area contributed by atoms with Crippen LogP contribution in [-0.4, -0.2) is 22.1 Å². The first kappa shape index (κ1) is 11.4. The average Bonchev–Trinajstić information content (AvgIpc) is 2.98. The van der Waals surface area contributed by atoms with Crippen LogP contribution in [0.2, 0.25) is 0 Å². The van der Waals surface area contributed by atoms with Gasteiger partial charge in [0.2, 0.25) is 0 Å². The van der Waals surface area contributed by atoms with E-state index in [1.54, 1.807) is 11.3 Å². The fraction of sp³-hybridized carbons (Fsp3) is 0.636. The van der Waals surface area contributed by atoms with Crippen LogP contribution in [0.15, 0.2) is 5.38 Å². The van der Waals surface area contributed by atoms with Crippen LogP contribution in [0, 0.1) is 5.92 Å². The largest absolute Gasteiger partial charge is 0.481 e. The molecule has 0 aromatic carbocycles. The SMILES string of the molecule is CC(Nc1nc(CCC(=O)O)cs1)C1CC1. The molecule has 4 nitrogen and oxygen atoms in total. The number of hydrogen-bond donors (Lipinski definition) is 2. The molecule has 0 bridgehead atoms. The van der Waals surface area contributed by atoms with E-state index < -0.39 is 5.97 Å². The van der Waals surface area contributed by atoms with Gasteiger partial charge in [-0.1, -0.05) is 0 Å². The Morgan fingerprint density at radius 2 is 2.50 bits per heavy atom. The van der Waals surface area contributed by atoms with E-state index in [9.17, 15) is 4.79 Å². The van der Waals surface area contributed by atoms with Crippen molar-refractivity contribution < 1.29 is 9.90 Å². The number of aryl methyl sites for hydroxylation is 1. The van der Waals surface area contributed by atoms with Gasteiger partial charge in [-0.25, -0.2) is 4.98 Å². The number of carboxylic acids is 1. The van der Waals surface area contributed by atoms with E-state index in [-0.39, 0.29) is 6.42 Å². The highest BCUT2D eigenvalue weighted by Gasteiger charge is 2.28. The third-order valence-corrected chi connectivity index (χ3v) is 3.65. The van der Waals surface area contributed by atoms with E-state index in [1.807, 2.05) is 5.38 Å². The van der Waals surface area contributed by atoms with Crippen molar-refractivity contribution in [3.05, 3.63) is 11.1 Å². The fourth-order valence-electron chi connectivity index (χ4n) is 1.63. The maximum atomic E-state index is 10.4. The Balaban J connectivity index is 1.83. The molecule has 1 saturated carbocycles. The monoisotopic (exact) mass is 240 g/mol. The van der Waals surface area contributed by atoms with E-state index in [1.165, 1.54) is 12.8 Å². The number of aliphatic carboxylic acids is 1. The maximum absolute atomic E-state index is 10.4. The van der Waals surface area contributed by atoms with Crippen molar-refractivity contribution in [1.82, 2.24) is 4.98 Å². The highest BCUT2D eigenvalue weighted by molar-refractivity contribution is 7.13. The minimum absolute atomic E-state index is 0.154. The van der Waals surface area contributed by atoms with Crippen molar-refractivity contribution in [1.29, 1.82) is 0 Å². The summed E-state index contributed by atoms with van der Waals surface area (Å²) < 4.78 is 0. The summed E-state index contributed by atoms with van der Waals surface area (Å²) in [6.07, 6.45) is 3.30. The van der Waals surface area contributed by atoms with Gasteiger partial charge < -0.3 is 10.4 Å². The molecular formula is C11H16N2O2S. The van der Waals surface area contributed by atoms with Crippen LogP contribution in [0.1, 0.15) is 31.9 Å². The Kier molecular flexibility index (Phi) is 3.43. The van der Waals surface area contributed by atoms with Gasteiger partial charge in [-0.3, -0.25) is 4.79 Å². The molecule has 1 aliphatic carbocycles. The highest BCUT2D eigenvalue weighted by Crippen LogP contribution is 2.34. The maximum Gasteiger partial charge on any atom is 0.303 e. The van der Waals surface area contributed by atoms with Crippen molar-refractivity contribution in [2.45, 2.75) is 38.6 Å². The van der Waals surface area contributed by atoms with Gasteiger partial charge in [-0.05, 0) is 25.7 Å². The van der Waals surface area contributed by atoms with E-state index in [0.29, 0.717) is 12.5 Å². The lowest BCUT2D eigenvalue weighted by Crippen LogP contribution is -2.16. The topological polar surface area (TPSA) is 62.2 Å². The fourth-order valence-corrected chi connectivity index (χ4v) is 2.47. The molecule has 0 aliphatic heterocycles. The van der Waals surface area contributed by atoms with Crippen LogP contribution in [0.5, 0.6) is 0 Å². The number of nitrogens with one attached hydrogen (secondary N) is 1. The number of hydrogen-bond acceptors (Lipinski definition) is 4. The van der Waals surface area contributed by atoms with Crippen molar-refractivity contribution in [2.24, 2.45) is 5.92 Å². The van der Waals surface area contributed by atoms with Gasteiger partial charge in [-0.2, -0.15) is 0 Å². The first-order valence-corrected chi connectivity index (χ1v) is 6.46. The normalized spacial score (nSPS) is 17.1. The summed E-state index contributed by atoms with van der Waals surface area (Å²) in [7, 11) is 0. The average molecular weight is 240 g/mol. The summed E-state index contributed by atoms with van der Waals surface area (Å²) in [5, 5.41) is 14.8. The van der Waals surface area contributed by atoms with Crippen molar-refractivity contribution in [3.8, 4) is 0 Å². The first-order chi connectivity index (χ1) is 7.65. The van der Waals surface area contributed by atoms with Gasteiger partial charge >= 0.3 is 5.97 Å². The number of anilines is 1. The van der Waals surface area contributed by atoms with E-state index in [0.717, 1.165) is 16.7 Å². The smallest absolute Gasteiger partial charge is 0.303 e. The molecule has 0 amide bonds. The minimum Gasteiger partial charge on any atom is -0.481 e. The minimum atomic E-state index is -0.770.